The second kappa shape index (κ2) is 8.10. The van der Waals surface area contributed by atoms with Gasteiger partial charge in [0.25, 0.3) is 0 Å². The van der Waals surface area contributed by atoms with Gasteiger partial charge in [0.2, 0.25) is 0 Å². The Balaban J connectivity index is 1.89. The molecule has 2 aromatic heterocycles. The summed E-state index contributed by atoms with van der Waals surface area (Å²) in [5.41, 5.74) is 14.2. The van der Waals surface area contributed by atoms with Crippen LogP contribution in [0.4, 0.5) is 5.69 Å². The second-order valence-corrected chi connectivity index (χ2v) is 6.75. The lowest BCUT2D eigenvalue weighted by Crippen LogP contribution is -2.19. The summed E-state index contributed by atoms with van der Waals surface area (Å²) >= 11 is 18.0. The number of rotatable bonds is 5. The Morgan fingerprint density at radius 2 is 1.74 bits per heavy atom. The van der Waals surface area contributed by atoms with Crippen LogP contribution in [0.5, 0.6) is 5.75 Å². The maximum absolute atomic E-state index is 8.39. The van der Waals surface area contributed by atoms with Gasteiger partial charge in [-0.15, -0.1) is 0 Å². The summed E-state index contributed by atoms with van der Waals surface area (Å²) in [6.07, 6.45) is 3.45. The topological polar surface area (TPSA) is 111 Å². The molecule has 138 valence electrons. The van der Waals surface area contributed by atoms with Gasteiger partial charge >= 0.3 is 0 Å². The number of hydrogen-bond acceptors (Lipinski definition) is 6. The number of nitrogens with zero attached hydrogens (tertiary/aromatic N) is 2. The molecule has 0 spiro atoms. The highest BCUT2D eigenvalue weighted by molar-refractivity contribution is 6.35. The summed E-state index contributed by atoms with van der Waals surface area (Å²) < 4.78 is 5.76. The molecule has 0 saturated carbocycles. The second-order valence-electron chi connectivity index (χ2n) is 5.55. The third-order valence-corrected chi connectivity index (χ3v) is 4.57. The van der Waals surface area contributed by atoms with E-state index in [4.69, 9.17) is 56.4 Å². The van der Waals surface area contributed by atoms with E-state index in [1.165, 1.54) is 18.6 Å². The number of pyridine rings is 2. The van der Waals surface area contributed by atoms with Gasteiger partial charge in [-0.3, -0.25) is 16.1 Å². The first kappa shape index (κ1) is 19.4. The Morgan fingerprint density at radius 3 is 2.37 bits per heavy atom. The van der Waals surface area contributed by atoms with Crippen molar-refractivity contribution in [3.8, 4) is 5.75 Å². The van der Waals surface area contributed by atoms with Crippen LogP contribution < -0.4 is 16.2 Å². The minimum atomic E-state index is -0.921. The van der Waals surface area contributed by atoms with E-state index in [1.807, 2.05) is 0 Å². The SMILES string of the molecule is N=C(c1ccc(Cl)nc1)c1cc(O[C@H](N)c2c(Cl)cncc2Cl)ccc1N. The molecule has 0 saturated heterocycles. The van der Waals surface area contributed by atoms with Crippen LogP contribution in [0.1, 0.15) is 22.9 Å². The van der Waals surface area contributed by atoms with Crippen molar-refractivity contribution in [1.29, 1.82) is 5.41 Å². The van der Waals surface area contributed by atoms with Crippen molar-refractivity contribution >= 4 is 46.2 Å². The van der Waals surface area contributed by atoms with E-state index in [1.54, 1.807) is 30.3 Å². The molecule has 6 nitrogen and oxygen atoms in total. The summed E-state index contributed by atoms with van der Waals surface area (Å²) in [4.78, 5) is 7.87. The summed E-state index contributed by atoms with van der Waals surface area (Å²) in [5.74, 6) is 0.405. The van der Waals surface area contributed by atoms with E-state index in [0.29, 0.717) is 43.3 Å². The number of nitrogens with one attached hydrogen (secondary N) is 1. The third kappa shape index (κ3) is 4.31. The van der Waals surface area contributed by atoms with Crippen LogP contribution in [0.3, 0.4) is 0 Å². The molecule has 5 N–H and O–H groups in total. The van der Waals surface area contributed by atoms with Crippen LogP contribution in [-0.4, -0.2) is 15.7 Å². The molecular weight excluding hydrogens is 409 g/mol. The van der Waals surface area contributed by atoms with E-state index in [-0.39, 0.29) is 5.71 Å². The monoisotopic (exact) mass is 421 g/mol. The molecule has 0 bridgehead atoms. The molecule has 1 aromatic carbocycles. The van der Waals surface area contributed by atoms with Crippen LogP contribution in [0.25, 0.3) is 0 Å². The summed E-state index contributed by atoms with van der Waals surface area (Å²) in [6.45, 7) is 0. The zero-order chi connectivity index (χ0) is 19.6. The van der Waals surface area contributed by atoms with Crippen LogP contribution in [0, 0.1) is 5.41 Å². The van der Waals surface area contributed by atoms with Gasteiger partial charge in [0.05, 0.1) is 15.8 Å². The lowest BCUT2D eigenvalue weighted by atomic mass is 10.0. The number of nitrogens with two attached hydrogens (primary N) is 2. The van der Waals surface area contributed by atoms with Gasteiger partial charge in [0.15, 0.2) is 6.23 Å². The van der Waals surface area contributed by atoms with Crippen molar-refractivity contribution in [3.63, 3.8) is 0 Å². The Bertz CT molecular complexity index is 975. The van der Waals surface area contributed by atoms with Crippen LogP contribution >= 0.6 is 34.8 Å². The molecule has 0 aliphatic rings. The molecule has 0 amide bonds. The minimum Gasteiger partial charge on any atom is -0.471 e. The zero-order valence-electron chi connectivity index (χ0n) is 13.8. The van der Waals surface area contributed by atoms with Gasteiger partial charge in [0, 0.05) is 41.0 Å². The quantitative estimate of drug-likeness (QED) is 0.243. The molecule has 0 fully saturated rings. The molecule has 9 heteroatoms. The Labute approximate surface area is 170 Å². The predicted octanol–water partition coefficient (Wildman–Crippen LogP) is 4.47. The number of benzene rings is 1. The molecule has 0 aliphatic heterocycles. The van der Waals surface area contributed by atoms with Crippen molar-refractivity contribution < 1.29 is 4.74 Å². The molecule has 27 heavy (non-hydrogen) atoms. The van der Waals surface area contributed by atoms with E-state index in [9.17, 15) is 0 Å². The summed E-state index contributed by atoms with van der Waals surface area (Å²) in [7, 11) is 0. The highest BCUT2D eigenvalue weighted by atomic mass is 35.5. The van der Waals surface area contributed by atoms with Gasteiger partial charge in [-0.2, -0.15) is 0 Å². The fourth-order valence-corrected chi connectivity index (χ4v) is 3.09. The highest BCUT2D eigenvalue weighted by Gasteiger charge is 2.18. The van der Waals surface area contributed by atoms with E-state index < -0.39 is 6.23 Å². The molecule has 0 aliphatic carbocycles. The van der Waals surface area contributed by atoms with Crippen molar-refractivity contribution in [2.24, 2.45) is 5.73 Å². The highest BCUT2D eigenvalue weighted by Crippen LogP contribution is 2.31. The van der Waals surface area contributed by atoms with Crippen LogP contribution in [-0.2, 0) is 0 Å². The van der Waals surface area contributed by atoms with E-state index in [2.05, 4.69) is 9.97 Å². The number of halogens is 3. The molecule has 0 radical (unpaired) electrons. The predicted molar refractivity (Wildman–Crippen MR) is 108 cm³/mol. The van der Waals surface area contributed by atoms with Gasteiger partial charge in [0.1, 0.15) is 10.9 Å². The van der Waals surface area contributed by atoms with Crippen molar-refractivity contribution in [1.82, 2.24) is 9.97 Å². The molecule has 0 unspecified atom stereocenters. The first-order valence-corrected chi connectivity index (χ1v) is 8.81. The lowest BCUT2D eigenvalue weighted by molar-refractivity contribution is 0.214. The standard InChI is InChI=1S/C18H14Cl3N5O/c19-12-7-25-8-13(20)16(12)18(24)27-10-2-3-14(22)11(5-10)17(23)9-1-4-15(21)26-6-9/h1-8,18,23H,22,24H2/t18-/m0/s1. The fraction of sp³-hybridized carbons (Fsp3) is 0.0556. The van der Waals surface area contributed by atoms with Crippen molar-refractivity contribution in [3.05, 3.63) is 80.8 Å². The Hall–Kier alpha value is -2.38. The first-order valence-electron chi connectivity index (χ1n) is 7.68. The van der Waals surface area contributed by atoms with Gasteiger partial charge in [-0.1, -0.05) is 34.8 Å². The van der Waals surface area contributed by atoms with Gasteiger partial charge in [-0.25, -0.2) is 4.98 Å². The maximum Gasteiger partial charge on any atom is 0.177 e. The zero-order valence-corrected chi connectivity index (χ0v) is 16.1. The van der Waals surface area contributed by atoms with Gasteiger partial charge < -0.3 is 10.5 Å². The largest absolute Gasteiger partial charge is 0.471 e. The number of nitrogen functional groups attached to an aromatic ring is 1. The molecule has 3 rings (SSSR count). The number of hydrogen-bond donors (Lipinski definition) is 3. The van der Waals surface area contributed by atoms with Crippen molar-refractivity contribution in [2.45, 2.75) is 6.23 Å². The average Bonchev–Trinajstić information content (AvgIpc) is 2.63. The number of ether oxygens (including phenoxy) is 1. The fourth-order valence-electron chi connectivity index (χ4n) is 2.40. The van der Waals surface area contributed by atoms with Crippen LogP contribution in [0.15, 0.2) is 48.9 Å². The molecule has 3 aromatic rings. The van der Waals surface area contributed by atoms with E-state index >= 15 is 0 Å². The smallest absolute Gasteiger partial charge is 0.177 e. The summed E-state index contributed by atoms with van der Waals surface area (Å²) in [5, 5.41) is 9.33. The van der Waals surface area contributed by atoms with Gasteiger partial charge in [-0.05, 0) is 30.3 Å². The minimum absolute atomic E-state index is 0.177. The summed E-state index contributed by atoms with van der Waals surface area (Å²) in [6, 6.07) is 8.19. The van der Waals surface area contributed by atoms with Crippen molar-refractivity contribution in [2.75, 3.05) is 5.73 Å². The number of anilines is 1. The molecule has 2 heterocycles. The first-order chi connectivity index (χ1) is 12.9. The van der Waals surface area contributed by atoms with Crippen LogP contribution in [0.2, 0.25) is 15.2 Å². The Kier molecular flexibility index (Phi) is 5.82. The molecular formula is C18H14Cl3N5O. The average molecular weight is 423 g/mol. The lowest BCUT2D eigenvalue weighted by Gasteiger charge is -2.18. The normalized spacial score (nSPS) is 11.9. The van der Waals surface area contributed by atoms with E-state index in [0.717, 1.165) is 0 Å². The number of aromatic nitrogens is 2. The Morgan fingerprint density at radius 1 is 1.04 bits per heavy atom. The molecule has 1 atom stereocenters. The maximum atomic E-state index is 8.39. The third-order valence-electron chi connectivity index (χ3n) is 3.75.